The van der Waals surface area contributed by atoms with Crippen molar-refractivity contribution in [2.45, 2.75) is 0 Å². The van der Waals surface area contributed by atoms with Crippen LogP contribution in [0.4, 0.5) is 11.6 Å². The van der Waals surface area contributed by atoms with Crippen LogP contribution in [0.2, 0.25) is 0 Å². The van der Waals surface area contributed by atoms with E-state index in [1.807, 2.05) is 12.1 Å². The molecule has 4 N–H and O–H groups in total. The molecular weight excluding hydrogens is 430 g/mol. The highest BCUT2D eigenvalue weighted by molar-refractivity contribution is 14.1. The second-order valence-electron chi connectivity index (χ2n) is 2.80. The van der Waals surface area contributed by atoms with Crippen LogP contribution in [0, 0.1) is 7.14 Å². The molecule has 0 atom stereocenters. The van der Waals surface area contributed by atoms with E-state index < -0.39 is 0 Å². The first-order valence-corrected chi connectivity index (χ1v) is 6.48. The monoisotopic (exact) mass is 440 g/mol. The van der Waals surface area contributed by atoms with Crippen LogP contribution in [0.1, 0.15) is 0 Å². The maximum atomic E-state index is 5.31. The van der Waals surface area contributed by atoms with Gasteiger partial charge in [-0.3, -0.25) is 0 Å². The van der Waals surface area contributed by atoms with Gasteiger partial charge in [-0.05, 0) is 69.4 Å². The fraction of sp³-hybridized carbons (Fsp3) is 0. The maximum Gasteiger partial charge on any atom is 0.123 e. The highest BCUT2D eigenvalue weighted by atomic mass is 127. The van der Waals surface area contributed by atoms with Crippen LogP contribution >= 0.6 is 45.2 Å². The molecule has 0 spiro atoms. The minimum absolute atomic E-state index is 0.574. The molecule has 0 saturated heterocycles. The average Bonchev–Trinajstić information content (AvgIpc) is 2.28. The SMILES string of the molecule is Nc1ccc(I)cn1.Nc1ccc(I)cn1. The molecule has 2 heterocycles. The standard InChI is InChI=1S/2C5H5IN2/c2*6-4-1-2-5(7)8-3-4/h2*1-3H,(H2,7,8). The number of pyridine rings is 2. The van der Waals surface area contributed by atoms with Crippen molar-refractivity contribution in [2.75, 3.05) is 11.5 Å². The summed E-state index contributed by atoms with van der Waals surface area (Å²) in [7, 11) is 0. The average molecular weight is 440 g/mol. The lowest BCUT2D eigenvalue weighted by Gasteiger charge is -1.88. The van der Waals surface area contributed by atoms with E-state index in [-0.39, 0.29) is 0 Å². The van der Waals surface area contributed by atoms with E-state index in [2.05, 4.69) is 55.1 Å². The summed E-state index contributed by atoms with van der Waals surface area (Å²) < 4.78 is 2.22. The molecule has 0 aliphatic carbocycles. The largest absolute Gasteiger partial charge is 0.384 e. The van der Waals surface area contributed by atoms with E-state index in [9.17, 15) is 0 Å². The third-order valence-electron chi connectivity index (χ3n) is 1.50. The molecule has 0 aromatic carbocycles. The van der Waals surface area contributed by atoms with Gasteiger partial charge in [-0.25, -0.2) is 9.97 Å². The number of aromatic nitrogens is 2. The third-order valence-corrected chi connectivity index (χ3v) is 2.78. The molecule has 2 aromatic rings. The number of anilines is 2. The van der Waals surface area contributed by atoms with Crippen molar-refractivity contribution in [3.63, 3.8) is 0 Å². The van der Waals surface area contributed by atoms with Crippen molar-refractivity contribution in [2.24, 2.45) is 0 Å². The fourth-order valence-corrected chi connectivity index (χ4v) is 1.41. The molecule has 0 fully saturated rings. The van der Waals surface area contributed by atoms with Gasteiger partial charge in [0.1, 0.15) is 11.6 Å². The predicted octanol–water partition coefficient (Wildman–Crippen LogP) is 2.54. The van der Waals surface area contributed by atoms with Crippen molar-refractivity contribution < 1.29 is 0 Å². The van der Waals surface area contributed by atoms with Crippen LogP contribution in [0.5, 0.6) is 0 Å². The topological polar surface area (TPSA) is 77.8 Å². The molecule has 16 heavy (non-hydrogen) atoms. The number of rotatable bonds is 0. The van der Waals surface area contributed by atoms with E-state index in [4.69, 9.17) is 11.5 Å². The van der Waals surface area contributed by atoms with Crippen molar-refractivity contribution in [1.29, 1.82) is 0 Å². The Morgan fingerprint density at radius 1 is 0.750 bits per heavy atom. The zero-order valence-corrected chi connectivity index (χ0v) is 12.6. The first kappa shape index (κ1) is 13.4. The summed E-state index contributed by atoms with van der Waals surface area (Å²) in [6, 6.07) is 7.40. The molecular formula is C10H10I2N4. The summed E-state index contributed by atoms with van der Waals surface area (Å²) in [6.07, 6.45) is 3.46. The van der Waals surface area contributed by atoms with Gasteiger partial charge in [0.25, 0.3) is 0 Å². The smallest absolute Gasteiger partial charge is 0.123 e. The van der Waals surface area contributed by atoms with Crippen LogP contribution < -0.4 is 11.5 Å². The molecule has 4 nitrogen and oxygen atoms in total. The van der Waals surface area contributed by atoms with E-state index in [0.29, 0.717) is 11.6 Å². The zero-order valence-electron chi connectivity index (χ0n) is 8.27. The van der Waals surface area contributed by atoms with Gasteiger partial charge in [0, 0.05) is 19.5 Å². The quantitative estimate of drug-likeness (QED) is 0.618. The fourth-order valence-electron chi connectivity index (χ4n) is 0.775. The Morgan fingerprint density at radius 2 is 1.12 bits per heavy atom. The molecule has 6 heteroatoms. The molecule has 0 aliphatic rings. The normalized spacial score (nSPS) is 9.12. The predicted molar refractivity (Wildman–Crippen MR) is 82.7 cm³/mol. The molecule has 0 unspecified atom stereocenters. The summed E-state index contributed by atoms with van der Waals surface area (Å²) in [5.74, 6) is 1.15. The minimum Gasteiger partial charge on any atom is -0.384 e. The Labute approximate surface area is 121 Å². The van der Waals surface area contributed by atoms with E-state index in [1.54, 1.807) is 24.5 Å². The van der Waals surface area contributed by atoms with E-state index in [1.165, 1.54) is 0 Å². The Hall–Kier alpha value is -0.640. The molecule has 2 rings (SSSR count). The minimum atomic E-state index is 0.574. The lowest BCUT2D eigenvalue weighted by molar-refractivity contribution is 1.32. The number of hydrogen-bond donors (Lipinski definition) is 2. The molecule has 0 bridgehead atoms. The maximum absolute atomic E-state index is 5.31. The Balaban J connectivity index is 0.000000160. The Morgan fingerprint density at radius 3 is 1.31 bits per heavy atom. The van der Waals surface area contributed by atoms with Gasteiger partial charge in [-0.2, -0.15) is 0 Å². The van der Waals surface area contributed by atoms with Gasteiger partial charge < -0.3 is 11.5 Å². The van der Waals surface area contributed by atoms with Gasteiger partial charge in [0.05, 0.1) is 0 Å². The third kappa shape index (κ3) is 5.45. The number of hydrogen-bond acceptors (Lipinski definition) is 4. The number of nitrogens with zero attached hydrogens (tertiary/aromatic N) is 2. The van der Waals surface area contributed by atoms with Crippen LogP contribution in [-0.2, 0) is 0 Å². The Bertz CT molecular complexity index is 342. The first-order chi connectivity index (χ1) is 7.58. The molecule has 0 saturated carbocycles. The highest BCUT2D eigenvalue weighted by Gasteiger charge is 1.83. The molecule has 0 radical (unpaired) electrons. The van der Waals surface area contributed by atoms with Gasteiger partial charge in [0.2, 0.25) is 0 Å². The van der Waals surface area contributed by atoms with Crippen LogP contribution in [0.3, 0.4) is 0 Å². The van der Waals surface area contributed by atoms with Crippen LogP contribution in [0.25, 0.3) is 0 Å². The number of nitrogens with two attached hydrogens (primary N) is 2. The van der Waals surface area contributed by atoms with Gasteiger partial charge >= 0.3 is 0 Å². The summed E-state index contributed by atoms with van der Waals surface area (Å²) in [5, 5.41) is 0. The molecule has 0 amide bonds. The second-order valence-corrected chi connectivity index (χ2v) is 5.29. The first-order valence-electron chi connectivity index (χ1n) is 4.32. The van der Waals surface area contributed by atoms with Crippen LogP contribution in [-0.4, -0.2) is 9.97 Å². The molecule has 0 aliphatic heterocycles. The van der Waals surface area contributed by atoms with Crippen molar-refractivity contribution in [3.8, 4) is 0 Å². The Kier molecular flexibility index (Phi) is 5.74. The molecule has 2 aromatic heterocycles. The highest BCUT2D eigenvalue weighted by Crippen LogP contribution is 2.03. The number of nitrogen functional groups attached to an aromatic ring is 2. The van der Waals surface area contributed by atoms with E-state index >= 15 is 0 Å². The summed E-state index contributed by atoms with van der Waals surface area (Å²) >= 11 is 4.36. The second kappa shape index (κ2) is 6.84. The number of halogens is 2. The van der Waals surface area contributed by atoms with Gasteiger partial charge in [-0.15, -0.1) is 0 Å². The summed E-state index contributed by atoms with van der Waals surface area (Å²) in [5.41, 5.74) is 10.6. The lowest BCUT2D eigenvalue weighted by Crippen LogP contribution is -1.87. The summed E-state index contributed by atoms with van der Waals surface area (Å²) in [6.45, 7) is 0. The molecule has 84 valence electrons. The van der Waals surface area contributed by atoms with Crippen LogP contribution in [0.15, 0.2) is 36.7 Å². The lowest BCUT2D eigenvalue weighted by atomic mass is 10.5. The van der Waals surface area contributed by atoms with Crippen molar-refractivity contribution >= 4 is 56.8 Å². The van der Waals surface area contributed by atoms with E-state index in [0.717, 1.165) is 7.14 Å². The van der Waals surface area contributed by atoms with Crippen molar-refractivity contribution in [1.82, 2.24) is 9.97 Å². The van der Waals surface area contributed by atoms with Gasteiger partial charge in [-0.1, -0.05) is 0 Å². The van der Waals surface area contributed by atoms with Gasteiger partial charge in [0.15, 0.2) is 0 Å². The summed E-state index contributed by atoms with van der Waals surface area (Å²) in [4.78, 5) is 7.70. The zero-order chi connectivity index (χ0) is 12.0. The van der Waals surface area contributed by atoms with Crippen molar-refractivity contribution in [3.05, 3.63) is 43.8 Å².